The number of benzene rings is 1. The smallest absolute Gasteiger partial charge is 0.161 e. The van der Waals surface area contributed by atoms with Crippen LogP contribution in [0.1, 0.15) is 18.4 Å². The SMILES string of the molecule is Cc1ccc(Oc2ccnc3[nH]nc(NC4CCNCC4)c23)cc1. The average Bonchev–Trinajstić information content (AvgIpc) is 3.02. The lowest BCUT2D eigenvalue weighted by Crippen LogP contribution is -2.35. The van der Waals surface area contributed by atoms with Crippen LogP contribution in [0.3, 0.4) is 0 Å². The van der Waals surface area contributed by atoms with Crippen molar-refractivity contribution in [2.24, 2.45) is 0 Å². The number of nitrogens with zero attached hydrogens (tertiary/aromatic N) is 2. The van der Waals surface area contributed by atoms with E-state index in [0.29, 0.717) is 6.04 Å². The van der Waals surface area contributed by atoms with Crippen LogP contribution in [0.4, 0.5) is 5.82 Å². The fraction of sp³-hybridized carbons (Fsp3) is 0.333. The van der Waals surface area contributed by atoms with Crippen molar-refractivity contribution < 1.29 is 4.74 Å². The van der Waals surface area contributed by atoms with Crippen molar-refractivity contribution in [3.63, 3.8) is 0 Å². The van der Waals surface area contributed by atoms with Gasteiger partial charge in [0, 0.05) is 18.3 Å². The molecule has 0 aliphatic carbocycles. The number of fused-ring (bicyclic) bond motifs is 1. The van der Waals surface area contributed by atoms with Crippen molar-refractivity contribution in [2.45, 2.75) is 25.8 Å². The first-order valence-electron chi connectivity index (χ1n) is 8.34. The summed E-state index contributed by atoms with van der Waals surface area (Å²) >= 11 is 0. The molecule has 0 atom stereocenters. The fourth-order valence-corrected chi connectivity index (χ4v) is 3.00. The second-order valence-corrected chi connectivity index (χ2v) is 6.19. The second kappa shape index (κ2) is 6.49. The van der Waals surface area contributed by atoms with Crippen LogP contribution in [-0.2, 0) is 0 Å². The highest BCUT2D eigenvalue weighted by Gasteiger charge is 2.18. The molecule has 4 rings (SSSR count). The Bertz CT molecular complexity index is 821. The van der Waals surface area contributed by atoms with Gasteiger partial charge in [0.25, 0.3) is 0 Å². The van der Waals surface area contributed by atoms with E-state index in [-0.39, 0.29) is 0 Å². The van der Waals surface area contributed by atoms with Crippen LogP contribution in [0.15, 0.2) is 36.5 Å². The second-order valence-electron chi connectivity index (χ2n) is 6.19. The average molecular weight is 323 g/mol. The Kier molecular flexibility index (Phi) is 4.04. The van der Waals surface area contributed by atoms with Gasteiger partial charge in [0.1, 0.15) is 16.9 Å². The van der Waals surface area contributed by atoms with Crippen LogP contribution in [-0.4, -0.2) is 34.3 Å². The molecule has 3 heterocycles. The van der Waals surface area contributed by atoms with Crippen molar-refractivity contribution in [2.75, 3.05) is 18.4 Å². The van der Waals surface area contributed by atoms with Gasteiger partial charge in [-0.3, -0.25) is 5.10 Å². The zero-order valence-electron chi connectivity index (χ0n) is 13.7. The summed E-state index contributed by atoms with van der Waals surface area (Å²) in [5.41, 5.74) is 1.94. The van der Waals surface area contributed by atoms with Crippen molar-refractivity contribution in [1.29, 1.82) is 0 Å². The summed E-state index contributed by atoms with van der Waals surface area (Å²) in [6.07, 6.45) is 3.91. The van der Waals surface area contributed by atoms with E-state index in [9.17, 15) is 0 Å². The molecule has 24 heavy (non-hydrogen) atoms. The van der Waals surface area contributed by atoms with Gasteiger partial charge < -0.3 is 15.4 Å². The van der Waals surface area contributed by atoms with E-state index < -0.39 is 0 Å². The standard InChI is InChI=1S/C18H21N5O/c1-12-2-4-14(5-3-12)24-15-8-11-20-17-16(15)18(23-22-17)21-13-6-9-19-10-7-13/h2-5,8,11,13,19H,6-7,9-10H2,1H3,(H2,20,21,22,23). The first kappa shape index (κ1) is 15.0. The molecule has 1 saturated heterocycles. The quantitative estimate of drug-likeness (QED) is 0.687. The fourth-order valence-electron chi connectivity index (χ4n) is 3.00. The molecule has 124 valence electrons. The first-order chi connectivity index (χ1) is 11.8. The number of hydrogen-bond acceptors (Lipinski definition) is 5. The number of hydrogen-bond donors (Lipinski definition) is 3. The van der Waals surface area contributed by atoms with Crippen molar-refractivity contribution in [1.82, 2.24) is 20.5 Å². The van der Waals surface area contributed by atoms with Crippen LogP contribution in [0.2, 0.25) is 0 Å². The molecule has 0 unspecified atom stereocenters. The number of aryl methyl sites for hydroxylation is 1. The third-order valence-electron chi connectivity index (χ3n) is 4.35. The highest BCUT2D eigenvalue weighted by molar-refractivity contribution is 5.93. The Balaban J connectivity index is 1.64. The first-order valence-corrected chi connectivity index (χ1v) is 8.34. The minimum Gasteiger partial charge on any atom is -0.456 e. The van der Waals surface area contributed by atoms with E-state index in [1.54, 1.807) is 6.20 Å². The number of aromatic nitrogens is 3. The van der Waals surface area contributed by atoms with Crippen LogP contribution in [0, 0.1) is 6.92 Å². The number of aromatic amines is 1. The molecule has 0 bridgehead atoms. The molecule has 1 aliphatic heterocycles. The van der Waals surface area contributed by atoms with E-state index in [4.69, 9.17) is 4.74 Å². The topological polar surface area (TPSA) is 74.9 Å². The molecule has 1 fully saturated rings. The zero-order chi connectivity index (χ0) is 16.4. The number of H-pyrrole nitrogens is 1. The molecule has 0 saturated carbocycles. The molecule has 0 radical (unpaired) electrons. The lowest BCUT2D eigenvalue weighted by molar-refractivity contribution is 0.477. The summed E-state index contributed by atoms with van der Waals surface area (Å²) in [7, 11) is 0. The Morgan fingerprint density at radius 1 is 1.12 bits per heavy atom. The normalized spacial score (nSPS) is 15.5. The van der Waals surface area contributed by atoms with Gasteiger partial charge in [-0.1, -0.05) is 17.7 Å². The largest absolute Gasteiger partial charge is 0.456 e. The third-order valence-corrected chi connectivity index (χ3v) is 4.35. The van der Waals surface area contributed by atoms with Crippen LogP contribution in [0.5, 0.6) is 11.5 Å². The van der Waals surface area contributed by atoms with Gasteiger partial charge >= 0.3 is 0 Å². The molecule has 2 aromatic heterocycles. The van der Waals surface area contributed by atoms with Gasteiger partial charge in [0.05, 0.1) is 0 Å². The Hall–Kier alpha value is -2.60. The molecule has 6 nitrogen and oxygen atoms in total. The maximum atomic E-state index is 6.08. The summed E-state index contributed by atoms with van der Waals surface area (Å²) in [5, 5.41) is 15.2. The molecule has 1 aliphatic rings. The number of piperidine rings is 1. The van der Waals surface area contributed by atoms with Crippen LogP contribution in [0.25, 0.3) is 11.0 Å². The van der Waals surface area contributed by atoms with E-state index >= 15 is 0 Å². The number of ether oxygens (including phenoxy) is 1. The Morgan fingerprint density at radius 3 is 2.71 bits per heavy atom. The minimum absolute atomic E-state index is 0.421. The van der Waals surface area contributed by atoms with E-state index in [1.807, 2.05) is 30.3 Å². The third kappa shape index (κ3) is 3.05. The van der Waals surface area contributed by atoms with Crippen LogP contribution >= 0.6 is 0 Å². The monoisotopic (exact) mass is 323 g/mol. The van der Waals surface area contributed by atoms with Crippen molar-refractivity contribution in [3.8, 4) is 11.5 Å². The van der Waals surface area contributed by atoms with Crippen LogP contribution < -0.4 is 15.4 Å². The maximum Gasteiger partial charge on any atom is 0.161 e. The van der Waals surface area contributed by atoms with E-state index in [1.165, 1.54) is 5.56 Å². The van der Waals surface area contributed by atoms with Gasteiger partial charge in [0.15, 0.2) is 11.5 Å². The van der Waals surface area contributed by atoms with Gasteiger partial charge in [-0.2, -0.15) is 5.10 Å². The summed E-state index contributed by atoms with van der Waals surface area (Å²) in [5.74, 6) is 2.38. The molecule has 0 spiro atoms. The van der Waals surface area contributed by atoms with E-state index in [2.05, 4.69) is 32.7 Å². The van der Waals surface area contributed by atoms with Gasteiger partial charge in [-0.25, -0.2) is 4.98 Å². The van der Waals surface area contributed by atoms with Gasteiger partial charge in [0.2, 0.25) is 0 Å². The lowest BCUT2D eigenvalue weighted by Gasteiger charge is -2.23. The highest BCUT2D eigenvalue weighted by Crippen LogP contribution is 2.33. The number of nitrogens with one attached hydrogen (secondary N) is 3. The predicted molar refractivity (Wildman–Crippen MR) is 94.7 cm³/mol. The summed E-state index contributed by atoms with van der Waals surface area (Å²) in [6.45, 7) is 4.13. The molecule has 6 heteroatoms. The summed E-state index contributed by atoms with van der Waals surface area (Å²) in [4.78, 5) is 4.36. The molecular weight excluding hydrogens is 302 g/mol. The van der Waals surface area contributed by atoms with Gasteiger partial charge in [-0.05, 0) is 45.0 Å². The van der Waals surface area contributed by atoms with Crippen molar-refractivity contribution >= 4 is 16.9 Å². The number of anilines is 1. The maximum absolute atomic E-state index is 6.08. The summed E-state index contributed by atoms with van der Waals surface area (Å²) < 4.78 is 6.08. The Morgan fingerprint density at radius 2 is 1.92 bits per heavy atom. The minimum atomic E-state index is 0.421. The number of pyridine rings is 1. The summed E-state index contributed by atoms with van der Waals surface area (Å²) in [6, 6.07) is 10.3. The molecule has 3 N–H and O–H groups in total. The Labute approximate surface area is 140 Å². The lowest BCUT2D eigenvalue weighted by atomic mass is 10.1. The molecule has 3 aromatic rings. The van der Waals surface area contributed by atoms with Gasteiger partial charge in [-0.15, -0.1) is 0 Å². The molecular formula is C18H21N5O. The zero-order valence-corrected chi connectivity index (χ0v) is 13.7. The predicted octanol–water partition coefficient (Wildman–Crippen LogP) is 3.22. The molecule has 0 amide bonds. The number of rotatable bonds is 4. The molecule has 1 aromatic carbocycles. The van der Waals surface area contributed by atoms with Crippen molar-refractivity contribution in [3.05, 3.63) is 42.1 Å². The highest BCUT2D eigenvalue weighted by atomic mass is 16.5. The van der Waals surface area contributed by atoms with E-state index in [0.717, 1.165) is 54.3 Å².